The number of hydrogen-bond acceptors (Lipinski definition) is 4. The smallest absolute Gasteiger partial charge is 0.373 e. The zero-order valence-corrected chi connectivity index (χ0v) is 7.16. The molecule has 2 N–H and O–H groups in total. The Morgan fingerprint density at radius 3 is 2.21 bits per heavy atom. The monoisotopic (exact) mass is 192 g/mol. The molecule has 0 radical (unpaired) electrons. The van der Waals surface area contributed by atoms with Crippen LogP contribution in [-0.2, 0) is 0 Å². The highest BCUT2D eigenvalue weighted by Crippen LogP contribution is 1.84. The van der Waals surface area contributed by atoms with Crippen LogP contribution in [0.15, 0.2) is 36.9 Å². The lowest BCUT2D eigenvalue weighted by Crippen LogP contribution is -2.01. The summed E-state index contributed by atoms with van der Waals surface area (Å²) in [5.74, 6) is -1.27. The average molecular weight is 192 g/mol. The molecule has 2 aromatic heterocycles. The lowest BCUT2D eigenvalue weighted by molar-refractivity contribution is 0.0683. The van der Waals surface area contributed by atoms with Gasteiger partial charge in [-0.2, -0.15) is 5.10 Å². The van der Waals surface area contributed by atoms with Gasteiger partial charge in [-0.25, -0.2) is 14.8 Å². The molecule has 0 aromatic carbocycles. The second-order valence-corrected chi connectivity index (χ2v) is 2.14. The number of aromatic nitrogens is 4. The topological polar surface area (TPSA) is 91.8 Å². The average Bonchev–Trinajstić information content (AvgIpc) is 2.77. The van der Waals surface area contributed by atoms with Crippen LogP contribution < -0.4 is 0 Å². The Morgan fingerprint density at radius 2 is 1.93 bits per heavy atom. The molecule has 0 amide bonds. The summed E-state index contributed by atoms with van der Waals surface area (Å²) in [6.45, 7) is 0. The Kier molecular flexibility index (Phi) is 3.81. The standard InChI is InChI=1S/C5H4N2O2.C3H4N2/c8-5(9)4-6-2-1-3-7-4;1-2-4-5-3-1/h1-3H,(H,8,9);1-3H,(H,4,5). The third kappa shape index (κ3) is 3.44. The zero-order chi connectivity index (χ0) is 10.2. The molecule has 6 heteroatoms. The van der Waals surface area contributed by atoms with Crippen LogP contribution in [0.3, 0.4) is 0 Å². The van der Waals surface area contributed by atoms with Gasteiger partial charge in [0, 0.05) is 24.8 Å². The van der Waals surface area contributed by atoms with E-state index in [4.69, 9.17) is 5.11 Å². The van der Waals surface area contributed by atoms with Crippen LogP contribution in [0.2, 0.25) is 0 Å². The Labute approximate surface area is 79.7 Å². The fourth-order valence-electron chi connectivity index (χ4n) is 0.625. The normalized spacial score (nSPS) is 8.57. The molecule has 0 spiro atoms. The minimum atomic E-state index is -1.10. The molecule has 0 aliphatic rings. The summed E-state index contributed by atoms with van der Waals surface area (Å²) in [5.41, 5.74) is 0. The maximum atomic E-state index is 10.1. The molecule has 0 saturated heterocycles. The highest BCUT2D eigenvalue weighted by Gasteiger charge is 2.01. The zero-order valence-electron chi connectivity index (χ0n) is 7.16. The van der Waals surface area contributed by atoms with Crippen LogP contribution in [0.1, 0.15) is 10.6 Å². The van der Waals surface area contributed by atoms with Gasteiger partial charge in [-0.15, -0.1) is 0 Å². The first-order valence-corrected chi connectivity index (χ1v) is 3.75. The quantitative estimate of drug-likeness (QED) is 0.689. The molecule has 2 rings (SSSR count). The van der Waals surface area contributed by atoms with Crippen molar-refractivity contribution >= 4 is 5.97 Å². The van der Waals surface area contributed by atoms with E-state index in [0.717, 1.165) is 0 Å². The number of aromatic amines is 1. The Balaban J connectivity index is 0.000000165. The molecule has 6 nitrogen and oxygen atoms in total. The Hall–Kier alpha value is -2.24. The molecule has 2 heterocycles. The number of carboxylic acid groups (broad SMARTS) is 1. The second-order valence-electron chi connectivity index (χ2n) is 2.14. The fraction of sp³-hybridized carbons (Fsp3) is 0. The third-order valence-corrected chi connectivity index (χ3v) is 1.16. The van der Waals surface area contributed by atoms with E-state index >= 15 is 0 Å². The van der Waals surface area contributed by atoms with Gasteiger partial charge in [0.15, 0.2) is 0 Å². The van der Waals surface area contributed by atoms with E-state index in [-0.39, 0.29) is 5.82 Å². The maximum Gasteiger partial charge on any atom is 0.373 e. The van der Waals surface area contributed by atoms with Gasteiger partial charge in [0.2, 0.25) is 5.82 Å². The van der Waals surface area contributed by atoms with E-state index in [1.807, 2.05) is 6.07 Å². The van der Waals surface area contributed by atoms with Gasteiger partial charge < -0.3 is 5.11 Å². The van der Waals surface area contributed by atoms with E-state index in [9.17, 15) is 4.79 Å². The molecular weight excluding hydrogens is 184 g/mol. The summed E-state index contributed by atoms with van der Waals surface area (Å²) >= 11 is 0. The third-order valence-electron chi connectivity index (χ3n) is 1.16. The van der Waals surface area contributed by atoms with Crippen molar-refractivity contribution in [2.75, 3.05) is 0 Å². The van der Waals surface area contributed by atoms with Gasteiger partial charge in [-0.05, 0) is 12.1 Å². The van der Waals surface area contributed by atoms with E-state index in [1.54, 1.807) is 18.5 Å². The van der Waals surface area contributed by atoms with E-state index < -0.39 is 5.97 Å². The summed E-state index contributed by atoms with van der Waals surface area (Å²) in [5, 5.41) is 14.5. The number of nitrogens with one attached hydrogen (secondary N) is 1. The minimum absolute atomic E-state index is 0.169. The molecule has 2 aromatic rings. The lowest BCUT2D eigenvalue weighted by atomic mass is 10.6. The number of carboxylic acids is 1. The summed E-state index contributed by atoms with van der Waals surface area (Å²) in [6, 6.07) is 3.40. The van der Waals surface area contributed by atoms with Crippen molar-refractivity contribution in [2.45, 2.75) is 0 Å². The van der Waals surface area contributed by atoms with Crippen molar-refractivity contribution in [3.05, 3.63) is 42.7 Å². The van der Waals surface area contributed by atoms with Crippen LogP contribution in [0.25, 0.3) is 0 Å². The minimum Gasteiger partial charge on any atom is -0.475 e. The van der Waals surface area contributed by atoms with Crippen LogP contribution in [0, 0.1) is 0 Å². The van der Waals surface area contributed by atoms with Gasteiger partial charge in [-0.3, -0.25) is 5.10 Å². The first-order chi connectivity index (χ1) is 6.80. The highest BCUT2D eigenvalue weighted by atomic mass is 16.4. The molecule has 0 atom stereocenters. The number of carbonyl (C=O) groups is 1. The number of aromatic carboxylic acids is 1. The molecule has 0 fully saturated rings. The number of nitrogens with zero attached hydrogens (tertiary/aromatic N) is 3. The van der Waals surface area contributed by atoms with Gasteiger partial charge in [0.1, 0.15) is 0 Å². The number of hydrogen-bond donors (Lipinski definition) is 2. The number of rotatable bonds is 1. The van der Waals surface area contributed by atoms with Crippen molar-refractivity contribution in [2.24, 2.45) is 0 Å². The van der Waals surface area contributed by atoms with E-state index in [2.05, 4.69) is 20.2 Å². The predicted octanol–water partition coefficient (Wildman–Crippen LogP) is 0.584. The van der Waals surface area contributed by atoms with Crippen LogP contribution in [-0.4, -0.2) is 31.2 Å². The molecule has 0 unspecified atom stereocenters. The lowest BCUT2D eigenvalue weighted by Gasteiger charge is -1.86. The van der Waals surface area contributed by atoms with Crippen LogP contribution >= 0.6 is 0 Å². The van der Waals surface area contributed by atoms with Crippen molar-refractivity contribution in [1.29, 1.82) is 0 Å². The molecule has 0 saturated carbocycles. The predicted molar refractivity (Wildman–Crippen MR) is 47.6 cm³/mol. The molecule has 0 aliphatic carbocycles. The molecule has 72 valence electrons. The first-order valence-electron chi connectivity index (χ1n) is 3.75. The van der Waals surface area contributed by atoms with Gasteiger partial charge >= 0.3 is 5.97 Å². The first kappa shape index (κ1) is 9.85. The van der Waals surface area contributed by atoms with E-state index in [1.165, 1.54) is 12.4 Å². The van der Waals surface area contributed by atoms with Crippen LogP contribution in [0.4, 0.5) is 0 Å². The summed E-state index contributed by atoms with van der Waals surface area (Å²) in [6.07, 6.45) is 6.23. The largest absolute Gasteiger partial charge is 0.475 e. The molecule has 0 aliphatic heterocycles. The van der Waals surface area contributed by atoms with Crippen molar-refractivity contribution in [3.63, 3.8) is 0 Å². The molecular formula is C8H8N4O2. The second kappa shape index (κ2) is 5.41. The fourth-order valence-corrected chi connectivity index (χ4v) is 0.625. The summed E-state index contributed by atoms with van der Waals surface area (Å²) < 4.78 is 0. The summed E-state index contributed by atoms with van der Waals surface area (Å²) in [4.78, 5) is 17.0. The Bertz CT molecular complexity index is 343. The van der Waals surface area contributed by atoms with Gasteiger partial charge in [0.25, 0.3) is 0 Å². The molecule has 0 bridgehead atoms. The maximum absolute atomic E-state index is 10.1. The highest BCUT2D eigenvalue weighted by molar-refractivity contribution is 5.82. The van der Waals surface area contributed by atoms with Gasteiger partial charge in [0.05, 0.1) is 0 Å². The Morgan fingerprint density at radius 1 is 1.21 bits per heavy atom. The van der Waals surface area contributed by atoms with Crippen molar-refractivity contribution < 1.29 is 9.90 Å². The van der Waals surface area contributed by atoms with E-state index in [0.29, 0.717) is 0 Å². The summed E-state index contributed by atoms with van der Waals surface area (Å²) in [7, 11) is 0. The SMILES string of the molecule is O=C(O)c1ncccn1.c1cn[nH]c1. The van der Waals surface area contributed by atoms with Gasteiger partial charge in [-0.1, -0.05) is 0 Å². The number of H-pyrrole nitrogens is 1. The molecule has 14 heavy (non-hydrogen) atoms. The van der Waals surface area contributed by atoms with Crippen molar-refractivity contribution in [3.8, 4) is 0 Å². The van der Waals surface area contributed by atoms with Crippen LogP contribution in [0.5, 0.6) is 0 Å². The van der Waals surface area contributed by atoms with Crippen molar-refractivity contribution in [1.82, 2.24) is 20.2 Å².